The molecule has 3 atom stereocenters. The molecule has 2 N–H and O–H groups in total. The van der Waals surface area contributed by atoms with Crippen LogP contribution < -0.4 is 10.6 Å². The van der Waals surface area contributed by atoms with Gasteiger partial charge in [0.1, 0.15) is 0 Å². The summed E-state index contributed by atoms with van der Waals surface area (Å²) in [4.78, 5) is 0. The minimum absolute atomic E-state index is 0.0138. The van der Waals surface area contributed by atoms with Crippen LogP contribution in [0.4, 0.5) is 0 Å². The SMILES string of the molecule is C[C@H](NCPc1ccc(-c2cccc3ccccc23)cc1)[C@H](O)c1ccccc1. The highest BCUT2D eigenvalue weighted by Gasteiger charge is 2.15. The third-order valence-electron chi connectivity index (χ3n) is 5.32. The Balaban J connectivity index is 1.37. The van der Waals surface area contributed by atoms with Crippen molar-refractivity contribution in [2.24, 2.45) is 0 Å². The summed E-state index contributed by atoms with van der Waals surface area (Å²) in [6.45, 7) is 2.03. The van der Waals surface area contributed by atoms with Crippen molar-refractivity contribution in [2.45, 2.75) is 19.1 Å². The fraction of sp³-hybridized carbons (Fsp3) is 0.154. The summed E-state index contributed by atoms with van der Waals surface area (Å²) in [7, 11) is 0.661. The molecular formula is C26H26NOP. The monoisotopic (exact) mass is 399 g/mol. The molecule has 146 valence electrons. The fourth-order valence-electron chi connectivity index (χ4n) is 3.61. The highest BCUT2D eigenvalue weighted by atomic mass is 31.1. The summed E-state index contributed by atoms with van der Waals surface area (Å²) in [6.07, 6.45) is 0.369. The van der Waals surface area contributed by atoms with Crippen molar-refractivity contribution in [3.05, 3.63) is 103 Å². The van der Waals surface area contributed by atoms with E-state index >= 15 is 0 Å². The van der Waals surface area contributed by atoms with E-state index in [4.69, 9.17) is 0 Å². The first kappa shape index (κ1) is 19.8. The second kappa shape index (κ2) is 9.33. The number of benzene rings is 4. The summed E-state index contributed by atoms with van der Waals surface area (Å²) in [5.74, 6) is 0. The molecule has 29 heavy (non-hydrogen) atoms. The molecule has 4 aromatic carbocycles. The lowest BCUT2D eigenvalue weighted by atomic mass is 9.98. The van der Waals surface area contributed by atoms with Crippen LogP contribution in [-0.2, 0) is 0 Å². The zero-order valence-electron chi connectivity index (χ0n) is 16.5. The van der Waals surface area contributed by atoms with Crippen LogP contribution in [0.5, 0.6) is 0 Å². The maximum absolute atomic E-state index is 10.5. The lowest BCUT2D eigenvalue weighted by Gasteiger charge is -2.20. The molecule has 3 heteroatoms. The van der Waals surface area contributed by atoms with Gasteiger partial charge in [-0.05, 0) is 39.7 Å². The van der Waals surface area contributed by atoms with E-state index in [2.05, 4.69) is 72.0 Å². The van der Waals surface area contributed by atoms with Crippen molar-refractivity contribution in [2.75, 3.05) is 6.29 Å². The zero-order valence-corrected chi connectivity index (χ0v) is 17.5. The van der Waals surface area contributed by atoms with E-state index < -0.39 is 6.10 Å². The average molecular weight is 399 g/mol. The van der Waals surface area contributed by atoms with Crippen molar-refractivity contribution in [1.82, 2.24) is 5.32 Å². The Hall–Kier alpha value is -2.51. The Kier molecular flexibility index (Phi) is 6.36. The molecule has 0 aromatic heterocycles. The number of hydrogen-bond acceptors (Lipinski definition) is 2. The molecule has 0 amide bonds. The van der Waals surface area contributed by atoms with Gasteiger partial charge in [0.2, 0.25) is 0 Å². The first-order valence-electron chi connectivity index (χ1n) is 10.0. The lowest BCUT2D eigenvalue weighted by Crippen LogP contribution is -2.32. The van der Waals surface area contributed by atoms with Gasteiger partial charge in [-0.3, -0.25) is 0 Å². The zero-order chi connectivity index (χ0) is 20.1. The summed E-state index contributed by atoms with van der Waals surface area (Å²) in [5.41, 5.74) is 3.47. The van der Waals surface area contributed by atoms with Gasteiger partial charge >= 0.3 is 0 Å². The topological polar surface area (TPSA) is 32.3 Å². The summed E-state index contributed by atoms with van der Waals surface area (Å²) >= 11 is 0. The molecule has 0 radical (unpaired) electrons. The van der Waals surface area contributed by atoms with Gasteiger partial charge in [0.15, 0.2) is 0 Å². The number of fused-ring (bicyclic) bond motifs is 1. The Labute approximate surface area is 174 Å². The van der Waals surface area contributed by atoms with E-state index in [0.717, 1.165) is 11.8 Å². The van der Waals surface area contributed by atoms with Gasteiger partial charge in [-0.15, -0.1) is 0 Å². The highest BCUT2D eigenvalue weighted by Crippen LogP contribution is 2.28. The fourth-order valence-corrected chi connectivity index (χ4v) is 4.64. The second-order valence-electron chi connectivity index (χ2n) is 7.31. The number of hydrogen-bond donors (Lipinski definition) is 2. The van der Waals surface area contributed by atoms with Gasteiger partial charge in [-0.25, -0.2) is 0 Å². The molecule has 4 aromatic rings. The predicted octanol–water partition coefficient (Wildman–Crippen LogP) is 5.48. The van der Waals surface area contributed by atoms with Crippen LogP contribution in [0.1, 0.15) is 18.6 Å². The number of aliphatic hydroxyl groups excluding tert-OH is 1. The number of rotatable bonds is 7. The first-order valence-corrected chi connectivity index (χ1v) is 11.2. The van der Waals surface area contributed by atoms with Crippen LogP contribution in [0.3, 0.4) is 0 Å². The van der Waals surface area contributed by atoms with E-state index in [9.17, 15) is 5.11 Å². The van der Waals surface area contributed by atoms with Crippen LogP contribution in [-0.4, -0.2) is 17.4 Å². The van der Waals surface area contributed by atoms with Crippen LogP contribution in [0.25, 0.3) is 21.9 Å². The minimum atomic E-state index is -0.491. The van der Waals surface area contributed by atoms with E-state index in [-0.39, 0.29) is 6.04 Å². The molecule has 2 nitrogen and oxygen atoms in total. The third-order valence-corrected chi connectivity index (χ3v) is 6.44. The van der Waals surface area contributed by atoms with Gasteiger partial charge in [-0.1, -0.05) is 106 Å². The summed E-state index contributed by atoms with van der Waals surface area (Å²) < 4.78 is 0. The smallest absolute Gasteiger partial charge is 0.0940 e. The van der Waals surface area contributed by atoms with Crippen molar-refractivity contribution >= 4 is 24.7 Å². The molecule has 0 aliphatic carbocycles. The molecule has 4 rings (SSSR count). The van der Waals surface area contributed by atoms with Crippen molar-refractivity contribution in [1.29, 1.82) is 0 Å². The molecule has 0 fully saturated rings. The molecular weight excluding hydrogens is 373 g/mol. The van der Waals surface area contributed by atoms with Crippen LogP contribution in [0, 0.1) is 0 Å². The van der Waals surface area contributed by atoms with Gasteiger partial charge in [-0.2, -0.15) is 0 Å². The first-order chi connectivity index (χ1) is 14.2. The van der Waals surface area contributed by atoms with Gasteiger partial charge < -0.3 is 10.4 Å². The Morgan fingerprint density at radius 2 is 1.48 bits per heavy atom. The molecule has 0 spiro atoms. The van der Waals surface area contributed by atoms with Crippen LogP contribution >= 0.6 is 8.58 Å². The molecule has 0 saturated heterocycles. The average Bonchev–Trinajstić information content (AvgIpc) is 2.79. The highest BCUT2D eigenvalue weighted by molar-refractivity contribution is 7.47. The molecule has 1 unspecified atom stereocenters. The van der Waals surface area contributed by atoms with E-state index in [1.54, 1.807) is 0 Å². The molecule has 0 saturated carbocycles. The van der Waals surface area contributed by atoms with Crippen LogP contribution in [0.2, 0.25) is 0 Å². The van der Waals surface area contributed by atoms with Crippen LogP contribution in [0.15, 0.2) is 97.1 Å². The third kappa shape index (κ3) is 4.74. The minimum Gasteiger partial charge on any atom is -0.387 e. The molecule has 0 heterocycles. The molecule has 0 bridgehead atoms. The summed E-state index contributed by atoms with van der Waals surface area (Å²) in [5, 5.41) is 17.8. The normalized spacial score (nSPS) is 13.7. The number of nitrogens with one attached hydrogen (secondary N) is 1. The number of aliphatic hydroxyl groups is 1. The predicted molar refractivity (Wildman–Crippen MR) is 126 cm³/mol. The quantitative estimate of drug-likeness (QED) is 0.403. The van der Waals surface area contributed by atoms with Crippen molar-refractivity contribution < 1.29 is 5.11 Å². The van der Waals surface area contributed by atoms with Gasteiger partial charge in [0.05, 0.1) is 6.10 Å². The maximum Gasteiger partial charge on any atom is 0.0940 e. The van der Waals surface area contributed by atoms with Gasteiger partial charge in [0, 0.05) is 12.3 Å². The second-order valence-corrected chi connectivity index (χ2v) is 8.59. The summed E-state index contributed by atoms with van der Waals surface area (Å²) in [6, 6.07) is 33.7. The van der Waals surface area contributed by atoms with Gasteiger partial charge in [0.25, 0.3) is 0 Å². The van der Waals surface area contributed by atoms with E-state index in [0.29, 0.717) is 8.58 Å². The Morgan fingerprint density at radius 1 is 0.793 bits per heavy atom. The van der Waals surface area contributed by atoms with Crippen molar-refractivity contribution in [3.8, 4) is 11.1 Å². The van der Waals surface area contributed by atoms with E-state index in [1.165, 1.54) is 27.2 Å². The lowest BCUT2D eigenvalue weighted by molar-refractivity contribution is 0.139. The largest absolute Gasteiger partial charge is 0.387 e. The van der Waals surface area contributed by atoms with E-state index in [1.807, 2.05) is 37.3 Å². The molecule has 0 aliphatic rings. The molecule has 0 aliphatic heterocycles. The maximum atomic E-state index is 10.5. The standard InChI is InChI=1S/C26H26NOP/c1-19(26(28)22-9-3-2-4-10-22)27-18-29-23-16-14-21(15-17-23)25-13-7-11-20-8-5-6-12-24(20)25/h2-17,19,26-29H,18H2,1H3/t19-,26-/m0/s1. The van der Waals surface area contributed by atoms with Crippen molar-refractivity contribution in [3.63, 3.8) is 0 Å². The Morgan fingerprint density at radius 3 is 2.28 bits per heavy atom. The Bertz CT molecular complexity index is 1060.